The van der Waals surface area contributed by atoms with Crippen LogP contribution in [0.25, 0.3) is 0 Å². The quantitative estimate of drug-likeness (QED) is 0.318. The molecule has 1 heterocycles. The van der Waals surface area contributed by atoms with Crippen LogP contribution in [-0.2, 0) is 13.1 Å². The molecule has 0 aliphatic carbocycles. The summed E-state index contributed by atoms with van der Waals surface area (Å²) >= 11 is 0. The van der Waals surface area contributed by atoms with Crippen molar-refractivity contribution in [1.29, 1.82) is 0 Å². The Balaban J connectivity index is 0.00000320. The van der Waals surface area contributed by atoms with E-state index in [1.54, 1.807) is 21.3 Å². The molecule has 1 aliphatic heterocycles. The maximum Gasteiger partial charge on any atom is 0.195 e. The van der Waals surface area contributed by atoms with E-state index in [4.69, 9.17) is 9.47 Å². The number of hydrogen-bond acceptors (Lipinski definition) is 4. The number of halogens is 1. The van der Waals surface area contributed by atoms with Gasteiger partial charge in [0.15, 0.2) is 17.5 Å². The number of guanidine groups is 1. The first kappa shape index (κ1) is 24.3. The minimum absolute atomic E-state index is 0. The van der Waals surface area contributed by atoms with Crippen LogP contribution < -0.4 is 20.1 Å². The molecule has 2 aromatic carbocycles. The van der Waals surface area contributed by atoms with Crippen LogP contribution in [0.2, 0.25) is 0 Å². The third-order valence-corrected chi connectivity index (χ3v) is 5.21. The summed E-state index contributed by atoms with van der Waals surface area (Å²) in [7, 11) is 5.02. The smallest absolute Gasteiger partial charge is 0.195 e. The van der Waals surface area contributed by atoms with Gasteiger partial charge in [0.05, 0.1) is 14.2 Å². The highest BCUT2D eigenvalue weighted by Crippen LogP contribution is 2.29. The lowest BCUT2D eigenvalue weighted by Crippen LogP contribution is -2.30. The zero-order valence-corrected chi connectivity index (χ0v) is 20.4. The summed E-state index contributed by atoms with van der Waals surface area (Å²) in [4.78, 5) is 6.85. The summed E-state index contributed by atoms with van der Waals surface area (Å²) in [5, 5.41) is 6.64. The summed E-state index contributed by atoms with van der Waals surface area (Å²) in [6, 6.07) is 14.5. The number of ether oxygens (including phenoxy) is 2. The Morgan fingerprint density at radius 1 is 0.933 bits per heavy atom. The number of nitrogens with one attached hydrogen (secondary N) is 2. The van der Waals surface area contributed by atoms with Gasteiger partial charge in [0.25, 0.3) is 0 Å². The molecule has 0 atom stereocenters. The molecule has 0 spiro atoms. The molecule has 0 aromatic heterocycles. The number of benzene rings is 2. The molecule has 164 valence electrons. The van der Waals surface area contributed by atoms with Crippen molar-refractivity contribution in [3.8, 4) is 11.5 Å². The maximum absolute atomic E-state index is 5.36. The standard InChI is InChI=1S/C23H32N4O2.HI/c1-24-23(26-20-11-12-21(28-2)22(15-20)29-3)25-16-18-7-9-19(10-8-18)17-27-13-5-4-6-14-27;/h7-12,15H,4-6,13-14,16-17H2,1-3H3,(H2,24,25,26);1H. The van der Waals surface area contributed by atoms with E-state index in [-0.39, 0.29) is 24.0 Å². The highest BCUT2D eigenvalue weighted by Gasteiger charge is 2.10. The molecule has 3 rings (SSSR count). The summed E-state index contributed by atoms with van der Waals surface area (Å²) < 4.78 is 10.6. The van der Waals surface area contributed by atoms with Gasteiger partial charge >= 0.3 is 0 Å². The molecule has 0 amide bonds. The number of aliphatic imine (C=N–C) groups is 1. The van der Waals surface area contributed by atoms with Crippen LogP contribution in [0, 0.1) is 0 Å². The summed E-state index contributed by atoms with van der Waals surface area (Å²) in [6.45, 7) is 4.20. The van der Waals surface area contributed by atoms with Gasteiger partial charge in [-0.2, -0.15) is 0 Å². The van der Waals surface area contributed by atoms with E-state index in [1.165, 1.54) is 43.5 Å². The number of methoxy groups -OCH3 is 2. The van der Waals surface area contributed by atoms with Crippen molar-refractivity contribution in [1.82, 2.24) is 10.2 Å². The second-order valence-electron chi connectivity index (χ2n) is 7.27. The Hall–Kier alpha value is -2.00. The van der Waals surface area contributed by atoms with Gasteiger partial charge < -0.3 is 20.1 Å². The molecule has 0 saturated carbocycles. The largest absolute Gasteiger partial charge is 0.493 e. The summed E-state index contributed by atoms with van der Waals surface area (Å²) in [5.41, 5.74) is 3.48. The minimum Gasteiger partial charge on any atom is -0.493 e. The number of piperidine rings is 1. The zero-order chi connectivity index (χ0) is 20.5. The van der Waals surface area contributed by atoms with Crippen molar-refractivity contribution in [3.63, 3.8) is 0 Å². The first-order valence-electron chi connectivity index (χ1n) is 10.2. The summed E-state index contributed by atoms with van der Waals surface area (Å²) in [6.07, 6.45) is 4.03. The van der Waals surface area contributed by atoms with Crippen LogP contribution in [0.5, 0.6) is 11.5 Å². The van der Waals surface area contributed by atoms with Gasteiger partial charge in [-0.25, -0.2) is 0 Å². The van der Waals surface area contributed by atoms with Crippen LogP contribution in [0.15, 0.2) is 47.5 Å². The molecule has 0 unspecified atom stereocenters. The van der Waals surface area contributed by atoms with Crippen molar-refractivity contribution < 1.29 is 9.47 Å². The predicted molar refractivity (Wildman–Crippen MR) is 134 cm³/mol. The second kappa shape index (κ2) is 12.6. The molecular weight excluding hydrogens is 491 g/mol. The number of hydrogen-bond donors (Lipinski definition) is 2. The van der Waals surface area contributed by atoms with Gasteiger partial charge in [0, 0.05) is 31.9 Å². The number of rotatable bonds is 7. The molecule has 1 aliphatic rings. The monoisotopic (exact) mass is 524 g/mol. The molecule has 0 radical (unpaired) electrons. The van der Waals surface area contributed by atoms with Crippen LogP contribution in [0.3, 0.4) is 0 Å². The topological polar surface area (TPSA) is 58.1 Å². The number of likely N-dealkylation sites (tertiary alicyclic amines) is 1. The van der Waals surface area contributed by atoms with Crippen LogP contribution >= 0.6 is 24.0 Å². The van der Waals surface area contributed by atoms with E-state index in [2.05, 4.69) is 44.8 Å². The van der Waals surface area contributed by atoms with Crippen molar-refractivity contribution in [2.24, 2.45) is 4.99 Å². The lowest BCUT2D eigenvalue weighted by atomic mass is 10.1. The Labute approximate surface area is 197 Å². The highest BCUT2D eigenvalue weighted by atomic mass is 127. The van der Waals surface area contributed by atoms with Gasteiger partial charge in [-0.1, -0.05) is 30.7 Å². The second-order valence-corrected chi connectivity index (χ2v) is 7.27. The SMILES string of the molecule is CN=C(NCc1ccc(CN2CCCCC2)cc1)Nc1ccc(OC)c(OC)c1.I. The van der Waals surface area contributed by atoms with E-state index in [9.17, 15) is 0 Å². The van der Waals surface area contributed by atoms with Crippen molar-refractivity contribution in [2.75, 3.05) is 39.7 Å². The third kappa shape index (κ3) is 7.05. The number of nitrogens with zero attached hydrogens (tertiary/aromatic N) is 2. The Morgan fingerprint density at radius 2 is 1.60 bits per heavy atom. The van der Waals surface area contributed by atoms with Crippen molar-refractivity contribution in [2.45, 2.75) is 32.4 Å². The van der Waals surface area contributed by atoms with Gasteiger partial charge in [0.1, 0.15) is 0 Å². The summed E-state index contributed by atoms with van der Waals surface area (Å²) in [5.74, 6) is 2.08. The molecule has 7 heteroatoms. The molecule has 2 aromatic rings. The van der Waals surface area contributed by atoms with Gasteiger partial charge in [-0.3, -0.25) is 9.89 Å². The van der Waals surface area contributed by atoms with Crippen molar-refractivity contribution >= 4 is 35.6 Å². The third-order valence-electron chi connectivity index (χ3n) is 5.21. The average molecular weight is 524 g/mol. The Morgan fingerprint density at radius 3 is 2.23 bits per heavy atom. The van der Waals surface area contributed by atoms with E-state index in [0.717, 1.165) is 12.2 Å². The molecular formula is C23H33IN4O2. The fourth-order valence-electron chi connectivity index (χ4n) is 3.55. The molecule has 6 nitrogen and oxygen atoms in total. The van der Waals surface area contributed by atoms with E-state index >= 15 is 0 Å². The fourth-order valence-corrected chi connectivity index (χ4v) is 3.55. The zero-order valence-electron chi connectivity index (χ0n) is 18.1. The predicted octanol–water partition coefficient (Wildman–Crippen LogP) is 4.50. The van der Waals surface area contributed by atoms with Crippen LogP contribution in [0.1, 0.15) is 30.4 Å². The Kier molecular flexibility index (Phi) is 10.2. The first-order chi connectivity index (χ1) is 14.2. The molecule has 1 fully saturated rings. The normalized spacial score (nSPS) is 14.6. The van der Waals surface area contributed by atoms with Crippen LogP contribution in [-0.4, -0.2) is 45.2 Å². The van der Waals surface area contributed by atoms with E-state index in [0.29, 0.717) is 24.0 Å². The lowest BCUT2D eigenvalue weighted by molar-refractivity contribution is 0.221. The van der Waals surface area contributed by atoms with E-state index < -0.39 is 0 Å². The number of anilines is 1. The first-order valence-corrected chi connectivity index (χ1v) is 10.2. The van der Waals surface area contributed by atoms with Gasteiger partial charge in [-0.15, -0.1) is 24.0 Å². The van der Waals surface area contributed by atoms with Crippen molar-refractivity contribution in [3.05, 3.63) is 53.6 Å². The minimum atomic E-state index is 0. The molecule has 2 N–H and O–H groups in total. The highest BCUT2D eigenvalue weighted by molar-refractivity contribution is 14.0. The van der Waals surface area contributed by atoms with E-state index in [1.807, 2.05) is 18.2 Å². The fraction of sp³-hybridized carbons (Fsp3) is 0.435. The van der Waals surface area contributed by atoms with Gasteiger partial charge in [0.2, 0.25) is 0 Å². The molecule has 0 bridgehead atoms. The lowest BCUT2D eigenvalue weighted by Gasteiger charge is -2.26. The Bertz CT molecular complexity index is 805. The average Bonchev–Trinajstić information content (AvgIpc) is 2.78. The van der Waals surface area contributed by atoms with Crippen LogP contribution in [0.4, 0.5) is 5.69 Å². The molecule has 1 saturated heterocycles. The maximum atomic E-state index is 5.36. The molecule has 30 heavy (non-hydrogen) atoms. The van der Waals surface area contributed by atoms with Gasteiger partial charge in [-0.05, 0) is 49.2 Å².